The SMILES string of the molecule is O=C1CCC(N2Cc3cc(NC(=O)CC4CCN(c5cc(-c6cccc7ccccc67)ccn5)CC4)ccc3C2=O)C(=O)N1. The van der Waals surface area contributed by atoms with Crippen LogP contribution in [0, 0.1) is 5.92 Å². The lowest BCUT2D eigenvalue weighted by Gasteiger charge is -2.32. The van der Waals surface area contributed by atoms with Crippen LogP contribution in [0.1, 0.15) is 48.0 Å². The number of hydrogen-bond donors (Lipinski definition) is 2. The molecule has 1 unspecified atom stereocenters. The number of hydrogen-bond acceptors (Lipinski definition) is 6. The summed E-state index contributed by atoms with van der Waals surface area (Å²) in [4.78, 5) is 58.3. The highest BCUT2D eigenvalue weighted by molar-refractivity contribution is 6.06. The zero-order valence-electron chi connectivity index (χ0n) is 24.3. The third-order valence-corrected chi connectivity index (χ3v) is 9.07. The Morgan fingerprint density at radius 1 is 0.909 bits per heavy atom. The fourth-order valence-corrected chi connectivity index (χ4v) is 6.73. The lowest BCUT2D eigenvalue weighted by atomic mass is 9.93. The Kier molecular flexibility index (Phi) is 7.29. The minimum Gasteiger partial charge on any atom is -0.357 e. The number of nitrogens with zero attached hydrogens (tertiary/aromatic N) is 3. The van der Waals surface area contributed by atoms with Gasteiger partial charge in [0, 0.05) is 49.9 Å². The van der Waals surface area contributed by atoms with E-state index in [1.54, 1.807) is 12.1 Å². The second-order valence-corrected chi connectivity index (χ2v) is 11.9. The minimum atomic E-state index is -0.660. The van der Waals surface area contributed by atoms with Crippen LogP contribution in [0.2, 0.25) is 0 Å². The topological polar surface area (TPSA) is 112 Å². The van der Waals surface area contributed by atoms with E-state index in [0.29, 0.717) is 24.1 Å². The molecule has 3 aliphatic heterocycles. The Hall–Kier alpha value is -5.05. The molecule has 0 spiro atoms. The summed E-state index contributed by atoms with van der Waals surface area (Å²) in [6.45, 7) is 1.94. The van der Waals surface area contributed by atoms with E-state index in [2.05, 4.69) is 75.1 Å². The van der Waals surface area contributed by atoms with Gasteiger partial charge in [-0.15, -0.1) is 0 Å². The molecule has 9 heteroatoms. The molecule has 3 aliphatic rings. The molecule has 1 aromatic heterocycles. The Morgan fingerprint density at radius 3 is 2.57 bits per heavy atom. The number of anilines is 2. The minimum absolute atomic E-state index is 0.0502. The fourth-order valence-electron chi connectivity index (χ4n) is 6.73. The van der Waals surface area contributed by atoms with E-state index in [1.165, 1.54) is 21.2 Å². The summed E-state index contributed by atoms with van der Waals surface area (Å²) < 4.78 is 0. The highest BCUT2D eigenvalue weighted by atomic mass is 16.2. The van der Waals surface area contributed by atoms with Crippen LogP contribution in [0.3, 0.4) is 0 Å². The van der Waals surface area contributed by atoms with Crippen molar-refractivity contribution in [2.24, 2.45) is 5.92 Å². The third-order valence-electron chi connectivity index (χ3n) is 9.07. The molecule has 4 aromatic rings. The summed E-state index contributed by atoms with van der Waals surface area (Å²) in [6, 6.07) is 23.6. The van der Waals surface area contributed by atoms with Crippen LogP contribution in [0.5, 0.6) is 0 Å². The van der Waals surface area contributed by atoms with E-state index < -0.39 is 11.9 Å². The van der Waals surface area contributed by atoms with Crippen LogP contribution >= 0.6 is 0 Å². The lowest BCUT2D eigenvalue weighted by Crippen LogP contribution is -2.52. The first-order chi connectivity index (χ1) is 21.4. The Labute approximate surface area is 255 Å². The predicted molar refractivity (Wildman–Crippen MR) is 168 cm³/mol. The van der Waals surface area contributed by atoms with Crippen LogP contribution in [0.25, 0.3) is 21.9 Å². The van der Waals surface area contributed by atoms with Crippen molar-refractivity contribution in [3.63, 3.8) is 0 Å². The number of piperidine rings is 2. The molecule has 44 heavy (non-hydrogen) atoms. The van der Waals surface area contributed by atoms with Crippen LogP contribution < -0.4 is 15.5 Å². The largest absolute Gasteiger partial charge is 0.357 e. The van der Waals surface area contributed by atoms with Gasteiger partial charge in [0.05, 0.1) is 0 Å². The molecule has 4 heterocycles. The van der Waals surface area contributed by atoms with Crippen molar-refractivity contribution < 1.29 is 19.2 Å². The van der Waals surface area contributed by atoms with Crippen molar-refractivity contribution in [2.75, 3.05) is 23.3 Å². The van der Waals surface area contributed by atoms with E-state index in [1.807, 2.05) is 12.3 Å². The van der Waals surface area contributed by atoms with Gasteiger partial charge in [-0.25, -0.2) is 4.98 Å². The molecule has 0 saturated carbocycles. The molecular weight excluding hydrogens is 554 g/mol. The zero-order valence-corrected chi connectivity index (χ0v) is 24.3. The van der Waals surface area contributed by atoms with E-state index in [0.717, 1.165) is 42.9 Å². The molecule has 2 saturated heterocycles. The van der Waals surface area contributed by atoms with Crippen LogP contribution in [-0.4, -0.2) is 52.6 Å². The van der Waals surface area contributed by atoms with Gasteiger partial charge in [-0.1, -0.05) is 42.5 Å². The van der Waals surface area contributed by atoms with Gasteiger partial charge in [0.25, 0.3) is 5.91 Å². The van der Waals surface area contributed by atoms with Crippen molar-refractivity contribution in [1.82, 2.24) is 15.2 Å². The number of benzene rings is 3. The lowest BCUT2D eigenvalue weighted by molar-refractivity contribution is -0.137. The van der Waals surface area contributed by atoms with E-state index >= 15 is 0 Å². The number of nitrogens with one attached hydrogen (secondary N) is 2. The quantitative estimate of drug-likeness (QED) is 0.310. The Balaban J connectivity index is 0.946. The summed E-state index contributed by atoms with van der Waals surface area (Å²) in [7, 11) is 0. The second-order valence-electron chi connectivity index (χ2n) is 11.9. The molecule has 2 N–H and O–H groups in total. The maximum Gasteiger partial charge on any atom is 0.255 e. The molecule has 9 nitrogen and oxygen atoms in total. The van der Waals surface area contributed by atoms with Gasteiger partial charge in [-0.05, 0) is 83.0 Å². The van der Waals surface area contributed by atoms with Crippen LogP contribution in [0.4, 0.5) is 11.5 Å². The van der Waals surface area contributed by atoms with Crippen molar-refractivity contribution >= 4 is 45.9 Å². The van der Waals surface area contributed by atoms with Crippen molar-refractivity contribution in [3.05, 3.63) is 90.1 Å². The van der Waals surface area contributed by atoms with Gasteiger partial charge in [-0.3, -0.25) is 24.5 Å². The number of carbonyl (C=O) groups is 4. The summed E-state index contributed by atoms with van der Waals surface area (Å²) in [5.74, 6) is 0.204. The highest BCUT2D eigenvalue weighted by Crippen LogP contribution is 2.33. The molecule has 7 rings (SSSR count). The zero-order chi connectivity index (χ0) is 30.2. The number of pyridine rings is 1. The monoisotopic (exact) mass is 587 g/mol. The third kappa shape index (κ3) is 5.41. The number of rotatable bonds is 6. The summed E-state index contributed by atoms with van der Waals surface area (Å²) in [5.41, 5.74) is 4.27. The number of amides is 4. The molecule has 4 amide bonds. The molecule has 2 fully saturated rings. The molecular formula is C35H33N5O4. The predicted octanol–water partition coefficient (Wildman–Crippen LogP) is 4.91. The first-order valence-corrected chi connectivity index (χ1v) is 15.2. The molecule has 0 bridgehead atoms. The smallest absolute Gasteiger partial charge is 0.255 e. The normalized spacial score (nSPS) is 18.8. The molecule has 0 radical (unpaired) electrons. The van der Waals surface area contributed by atoms with Crippen LogP contribution in [-0.2, 0) is 20.9 Å². The van der Waals surface area contributed by atoms with Gasteiger partial charge in [0.1, 0.15) is 11.9 Å². The maximum absolute atomic E-state index is 13.0. The highest BCUT2D eigenvalue weighted by Gasteiger charge is 2.39. The van der Waals surface area contributed by atoms with Crippen molar-refractivity contribution in [2.45, 2.75) is 44.7 Å². The first kappa shape index (κ1) is 27.8. The average molecular weight is 588 g/mol. The average Bonchev–Trinajstić information content (AvgIpc) is 3.36. The Morgan fingerprint density at radius 2 is 1.73 bits per heavy atom. The molecule has 3 aromatic carbocycles. The summed E-state index contributed by atoms with van der Waals surface area (Å²) in [5, 5.41) is 7.76. The van der Waals surface area contributed by atoms with Gasteiger partial charge in [0.15, 0.2) is 0 Å². The molecule has 0 aliphatic carbocycles. The fraction of sp³-hybridized carbons (Fsp3) is 0.286. The molecule has 1 atom stereocenters. The van der Waals surface area contributed by atoms with Gasteiger partial charge in [-0.2, -0.15) is 0 Å². The van der Waals surface area contributed by atoms with Gasteiger partial charge in [0.2, 0.25) is 17.7 Å². The number of carbonyl (C=O) groups excluding carboxylic acids is 4. The standard InChI is InChI=1S/C35H33N5O4/c41-32-11-10-30(34(43)38-32)40-21-25-19-26(8-9-29(25)35(40)44)37-33(42)18-22-13-16-39(17-14-22)31-20-24(12-15-36-31)28-7-3-5-23-4-1-2-6-27(23)28/h1-9,12,15,19-20,22,30H,10-11,13-14,16-18,21H2,(H,37,42)(H,38,41,43). The Bertz CT molecular complexity index is 1790. The second kappa shape index (κ2) is 11.6. The summed E-state index contributed by atoms with van der Waals surface area (Å²) in [6.07, 6.45) is 4.62. The number of aromatic nitrogens is 1. The number of fused-ring (bicyclic) bond motifs is 2. The van der Waals surface area contributed by atoms with Crippen molar-refractivity contribution in [1.29, 1.82) is 0 Å². The first-order valence-electron chi connectivity index (χ1n) is 15.2. The van der Waals surface area contributed by atoms with Gasteiger partial charge < -0.3 is 15.1 Å². The van der Waals surface area contributed by atoms with Gasteiger partial charge >= 0.3 is 0 Å². The maximum atomic E-state index is 13.0. The summed E-state index contributed by atoms with van der Waals surface area (Å²) >= 11 is 0. The van der Waals surface area contributed by atoms with E-state index in [4.69, 9.17) is 0 Å². The van der Waals surface area contributed by atoms with E-state index in [9.17, 15) is 19.2 Å². The van der Waals surface area contributed by atoms with Crippen LogP contribution in [0.15, 0.2) is 79.0 Å². The number of imide groups is 1. The van der Waals surface area contributed by atoms with E-state index in [-0.39, 0.29) is 36.6 Å². The van der Waals surface area contributed by atoms with Crippen molar-refractivity contribution in [3.8, 4) is 11.1 Å². The molecule has 222 valence electrons.